The average molecular weight is 232 g/mol. The molecule has 0 bridgehead atoms. The normalized spacial score (nSPS) is 11.0. The van der Waals surface area contributed by atoms with Crippen LogP contribution in [-0.4, -0.2) is 9.97 Å². The third kappa shape index (κ3) is 1.56. The van der Waals surface area contributed by atoms with Gasteiger partial charge in [-0.3, -0.25) is 0 Å². The molecule has 0 fully saturated rings. The van der Waals surface area contributed by atoms with Crippen molar-refractivity contribution >= 4 is 32.9 Å². The first-order valence-corrected chi connectivity index (χ1v) is 6.29. The summed E-state index contributed by atoms with van der Waals surface area (Å²) in [5.41, 5.74) is 2.26. The first-order chi connectivity index (χ1) is 7.33. The van der Waals surface area contributed by atoms with Crippen LogP contribution < -0.4 is 0 Å². The van der Waals surface area contributed by atoms with Gasteiger partial charge in [-0.05, 0) is 25.1 Å². The molecule has 0 N–H and O–H groups in total. The monoisotopic (exact) mass is 232 g/mol. The molecule has 2 nitrogen and oxygen atoms in total. The van der Waals surface area contributed by atoms with Crippen molar-refractivity contribution in [2.75, 3.05) is 0 Å². The summed E-state index contributed by atoms with van der Waals surface area (Å²) in [5, 5.41) is 4.18. The molecule has 2 aromatic heterocycles. The van der Waals surface area contributed by atoms with Gasteiger partial charge in [-0.1, -0.05) is 0 Å². The van der Waals surface area contributed by atoms with Crippen molar-refractivity contribution in [1.29, 1.82) is 0 Å². The van der Waals surface area contributed by atoms with Crippen LogP contribution in [0.1, 0.15) is 5.01 Å². The summed E-state index contributed by atoms with van der Waals surface area (Å²) in [5.74, 6) is 0. The second-order valence-corrected chi connectivity index (χ2v) is 5.38. The molecule has 3 rings (SSSR count). The molecule has 0 aliphatic carbocycles. The van der Waals surface area contributed by atoms with Crippen LogP contribution in [0.4, 0.5) is 0 Å². The molecule has 2 heterocycles. The first-order valence-electron chi connectivity index (χ1n) is 4.60. The van der Waals surface area contributed by atoms with Crippen LogP contribution in [0.3, 0.4) is 0 Å². The van der Waals surface area contributed by atoms with E-state index in [2.05, 4.69) is 28.2 Å². The van der Waals surface area contributed by atoms with Gasteiger partial charge in [-0.2, -0.15) is 0 Å². The Kier molecular flexibility index (Phi) is 2.04. The van der Waals surface area contributed by atoms with Gasteiger partial charge in [0, 0.05) is 17.1 Å². The van der Waals surface area contributed by atoms with Crippen molar-refractivity contribution in [3.63, 3.8) is 0 Å². The van der Waals surface area contributed by atoms with Crippen LogP contribution in [0, 0.1) is 6.92 Å². The Labute approximate surface area is 95.3 Å². The molecule has 0 aliphatic rings. The van der Waals surface area contributed by atoms with Gasteiger partial charge in [-0.15, -0.1) is 22.7 Å². The number of rotatable bonds is 1. The average Bonchev–Trinajstić information content (AvgIpc) is 2.82. The van der Waals surface area contributed by atoms with Crippen molar-refractivity contribution in [3.8, 4) is 10.6 Å². The molecule has 15 heavy (non-hydrogen) atoms. The Morgan fingerprint density at radius 3 is 3.00 bits per heavy atom. The van der Waals surface area contributed by atoms with E-state index in [9.17, 15) is 0 Å². The van der Waals surface area contributed by atoms with E-state index in [0.29, 0.717) is 0 Å². The maximum Gasteiger partial charge on any atom is 0.123 e. The molecule has 0 unspecified atom stereocenters. The van der Waals surface area contributed by atoms with Crippen LogP contribution >= 0.6 is 22.7 Å². The number of thiazole rings is 2. The van der Waals surface area contributed by atoms with E-state index >= 15 is 0 Å². The highest BCUT2D eigenvalue weighted by Crippen LogP contribution is 2.28. The standard InChI is InChI=1S/C11H8N2S2/c1-7-13-9-3-2-8(6-10(9)15-7)11-12-4-5-14-11/h2-6H,1H3. The van der Waals surface area contributed by atoms with E-state index in [1.807, 2.05) is 18.5 Å². The van der Waals surface area contributed by atoms with Crippen LogP contribution in [0.2, 0.25) is 0 Å². The second-order valence-electron chi connectivity index (χ2n) is 3.25. The van der Waals surface area contributed by atoms with Gasteiger partial charge in [0.1, 0.15) is 5.01 Å². The summed E-state index contributed by atoms with van der Waals surface area (Å²) in [6, 6.07) is 6.31. The lowest BCUT2D eigenvalue weighted by atomic mass is 10.2. The van der Waals surface area contributed by atoms with E-state index in [4.69, 9.17) is 0 Å². The molecule has 4 heteroatoms. The lowest BCUT2D eigenvalue weighted by molar-refractivity contribution is 1.35. The zero-order valence-corrected chi connectivity index (χ0v) is 9.73. The summed E-state index contributed by atoms with van der Waals surface area (Å²) >= 11 is 3.39. The minimum Gasteiger partial charge on any atom is -0.245 e. The van der Waals surface area contributed by atoms with Crippen molar-refractivity contribution in [3.05, 3.63) is 34.8 Å². The molecule has 74 valence electrons. The topological polar surface area (TPSA) is 25.8 Å². The predicted octanol–water partition coefficient (Wildman–Crippen LogP) is 3.73. The first kappa shape index (κ1) is 9.00. The van der Waals surface area contributed by atoms with Gasteiger partial charge in [0.2, 0.25) is 0 Å². The number of fused-ring (bicyclic) bond motifs is 1. The Morgan fingerprint density at radius 2 is 2.20 bits per heavy atom. The lowest BCUT2D eigenvalue weighted by Gasteiger charge is -1.94. The van der Waals surface area contributed by atoms with Gasteiger partial charge in [0.05, 0.1) is 15.2 Å². The fourth-order valence-corrected chi connectivity index (χ4v) is 3.04. The number of aryl methyl sites for hydroxylation is 1. The summed E-state index contributed by atoms with van der Waals surface area (Å²) < 4.78 is 1.24. The zero-order valence-electron chi connectivity index (χ0n) is 8.10. The largest absolute Gasteiger partial charge is 0.245 e. The molecule has 0 radical (unpaired) electrons. The number of hydrogen-bond acceptors (Lipinski definition) is 4. The minimum atomic E-state index is 1.07. The molecule has 0 aliphatic heterocycles. The van der Waals surface area contributed by atoms with E-state index in [-0.39, 0.29) is 0 Å². The van der Waals surface area contributed by atoms with Gasteiger partial charge in [-0.25, -0.2) is 9.97 Å². The SMILES string of the molecule is Cc1nc2ccc(-c3nccs3)cc2s1. The highest BCUT2D eigenvalue weighted by molar-refractivity contribution is 7.18. The summed E-state index contributed by atoms with van der Waals surface area (Å²) in [6.45, 7) is 2.04. The number of nitrogens with zero attached hydrogens (tertiary/aromatic N) is 2. The predicted molar refractivity (Wildman–Crippen MR) is 65.5 cm³/mol. The number of benzene rings is 1. The van der Waals surface area contributed by atoms with Gasteiger partial charge < -0.3 is 0 Å². The van der Waals surface area contributed by atoms with Gasteiger partial charge in [0.25, 0.3) is 0 Å². The maximum absolute atomic E-state index is 4.44. The smallest absolute Gasteiger partial charge is 0.123 e. The second kappa shape index (κ2) is 3.40. The fourth-order valence-electron chi connectivity index (χ4n) is 1.54. The highest BCUT2D eigenvalue weighted by atomic mass is 32.1. The Hall–Kier alpha value is -1.26. The van der Waals surface area contributed by atoms with Crippen molar-refractivity contribution in [1.82, 2.24) is 9.97 Å². The van der Waals surface area contributed by atoms with Crippen molar-refractivity contribution in [2.45, 2.75) is 6.92 Å². The van der Waals surface area contributed by atoms with Crippen LogP contribution in [0.25, 0.3) is 20.8 Å². The summed E-state index contributed by atoms with van der Waals surface area (Å²) in [7, 11) is 0. The number of hydrogen-bond donors (Lipinski definition) is 0. The fraction of sp³-hybridized carbons (Fsp3) is 0.0909. The lowest BCUT2D eigenvalue weighted by Crippen LogP contribution is -1.74. The molecular formula is C11H8N2S2. The highest BCUT2D eigenvalue weighted by Gasteiger charge is 2.04. The zero-order chi connectivity index (χ0) is 10.3. The van der Waals surface area contributed by atoms with Crippen LogP contribution in [0.5, 0.6) is 0 Å². The molecule has 0 amide bonds. The van der Waals surface area contributed by atoms with E-state index in [0.717, 1.165) is 15.5 Å². The molecule has 0 saturated heterocycles. The molecule has 3 aromatic rings. The third-order valence-corrected chi connectivity index (χ3v) is 3.93. The van der Waals surface area contributed by atoms with E-state index in [1.165, 1.54) is 10.3 Å². The summed E-state index contributed by atoms with van der Waals surface area (Å²) in [6.07, 6.45) is 1.84. The minimum absolute atomic E-state index is 1.07. The number of aromatic nitrogens is 2. The van der Waals surface area contributed by atoms with Crippen molar-refractivity contribution in [2.24, 2.45) is 0 Å². The van der Waals surface area contributed by atoms with E-state index < -0.39 is 0 Å². The Bertz CT molecular complexity index is 596. The van der Waals surface area contributed by atoms with Crippen LogP contribution in [0.15, 0.2) is 29.8 Å². The van der Waals surface area contributed by atoms with Gasteiger partial charge in [0.15, 0.2) is 0 Å². The van der Waals surface area contributed by atoms with E-state index in [1.54, 1.807) is 22.7 Å². The Balaban J connectivity index is 2.21. The molecule has 0 atom stereocenters. The molecule has 0 spiro atoms. The molecule has 1 aromatic carbocycles. The van der Waals surface area contributed by atoms with Crippen molar-refractivity contribution < 1.29 is 0 Å². The van der Waals surface area contributed by atoms with Gasteiger partial charge >= 0.3 is 0 Å². The molecule has 0 saturated carbocycles. The Morgan fingerprint density at radius 1 is 1.27 bits per heavy atom. The third-order valence-electron chi connectivity index (χ3n) is 2.17. The quantitative estimate of drug-likeness (QED) is 0.639. The van der Waals surface area contributed by atoms with Crippen LogP contribution in [-0.2, 0) is 0 Å². The molecular weight excluding hydrogens is 224 g/mol. The maximum atomic E-state index is 4.44. The summed E-state index contributed by atoms with van der Waals surface area (Å²) in [4.78, 5) is 8.74.